The third-order valence-electron chi connectivity index (χ3n) is 6.63. The maximum Gasteiger partial charge on any atom is 0.446 e. The first-order valence-corrected chi connectivity index (χ1v) is 15.9. The fourth-order valence-electron chi connectivity index (χ4n) is 4.20. The SMILES string of the molecule is C.O=c1onc(-c2nonc2[N+](=O)[O-])n1-c1ccc(F)c(Br)c1.OC1CCOC1.ONC(=Nc1ccc(F)c(Br)c1)c1nonc1OC1CCOC1. The van der Waals surface area contributed by atoms with Gasteiger partial charge in [0.15, 0.2) is 11.0 Å². The molecule has 0 saturated carbocycles. The Balaban J connectivity index is 0.000000197. The zero-order chi connectivity index (χ0) is 36.5. The lowest BCUT2D eigenvalue weighted by Gasteiger charge is -2.09. The van der Waals surface area contributed by atoms with Crippen molar-refractivity contribution in [1.82, 2.24) is 35.8 Å². The molecule has 2 fully saturated rings. The Morgan fingerprint density at radius 1 is 1.00 bits per heavy atom. The first-order valence-electron chi connectivity index (χ1n) is 14.3. The number of halogens is 4. The lowest BCUT2D eigenvalue weighted by molar-refractivity contribution is -0.390. The van der Waals surface area contributed by atoms with Crippen LogP contribution in [0.25, 0.3) is 17.2 Å². The number of hydrogen-bond donors (Lipinski definition) is 3. The average Bonchev–Trinajstić information content (AvgIpc) is 3.96. The molecule has 24 heteroatoms. The predicted molar refractivity (Wildman–Crippen MR) is 177 cm³/mol. The van der Waals surface area contributed by atoms with Crippen molar-refractivity contribution in [3.05, 3.63) is 83.3 Å². The molecule has 2 unspecified atom stereocenters. The van der Waals surface area contributed by atoms with Gasteiger partial charge in [-0.25, -0.2) is 27.8 Å². The third-order valence-corrected chi connectivity index (χ3v) is 7.84. The molecule has 5 aromatic rings. The highest BCUT2D eigenvalue weighted by molar-refractivity contribution is 9.10. The second-order valence-electron chi connectivity index (χ2n) is 10.1. The Hall–Kier alpha value is -5.01. The van der Waals surface area contributed by atoms with Crippen molar-refractivity contribution in [2.45, 2.75) is 32.5 Å². The minimum atomic E-state index is -0.939. The van der Waals surface area contributed by atoms with E-state index in [0.717, 1.165) is 30.1 Å². The molecule has 0 spiro atoms. The topological polar surface area (TPSA) is 262 Å². The summed E-state index contributed by atoms with van der Waals surface area (Å²) in [4.78, 5) is 25.9. The normalized spacial score (nSPS) is 16.6. The molecule has 5 heterocycles. The molecule has 0 aliphatic carbocycles. The van der Waals surface area contributed by atoms with Crippen LogP contribution in [0.5, 0.6) is 5.88 Å². The van der Waals surface area contributed by atoms with E-state index in [-0.39, 0.29) is 57.5 Å². The highest BCUT2D eigenvalue weighted by Crippen LogP contribution is 2.27. The number of ether oxygens (including phenoxy) is 3. The predicted octanol–water partition coefficient (Wildman–Crippen LogP) is 4.29. The molecule has 7 rings (SSSR count). The highest BCUT2D eigenvalue weighted by atomic mass is 79.9. The minimum Gasteiger partial charge on any atom is -0.468 e. The van der Waals surface area contributed by atoms with Gasteiger partial charge in [-0.1, -0.05) is 12.6 Å². The third kappa shape index (κ3) is 9.86. The van der Waals surface area contributed by atoms with Crippen LogP contribution in [0.2, 0.25) is 0 Å². The zero-order valence-electron chi connectivity index (χ0n) is 25.5. The van der Waals surface area contributed by atoms with Crippen molar-refractivity contribution in [3.8, 4) is 23.1 Å². The van der Waals surface area contributed by atoms with Crippen LogP contribution in [-0.2, 0) is 9.47 Å². The van der Waals surface area contributed by atoms with Gasteiger partial charge in [-0.15, -0.1) is 4.63 Å². The summed E-state index contributed by atoms with van der Waals surface area (Å²) in [6.45, 7) is 2.32. The van der Waals surface area contributed by atoms with Crippen molar-refractivity contribution in [1.29, 1.82) is 0 Å². The Morgan fingerprint density at radius 3 is 2.29 bits per heavy atom. The summed E-state index contributed by atoms with van der Waals surface area (Å²) >= 11 is 6.04. The van der Waals surface area contributed by atoms with E-state index in [1.54, 1.807) is 0 Å². The molecule has 0 radical (unpaired) electrons. The van der Waals surface area contributed by atoms with Gasteiger partial charge < -0.3 is 29.4 Å². The van der Waals surface area contributed by atoms with Crippen LogP contribution in [0.15, 0.2) is 68.9 Å². The van der Waals surface area contributed by atoms with Crippen molar-refractivity contribution in [2.24, 2.45) is 4.99 Å². The van der Waals surface area contributed by atoms with Crippen LogP contribution < -0.4 is 16.0 Å². The smallest absolute Gasteiger partial charge is 0.446 e. The Bertz CT molecular complexity index is 2040. The van der Waals surface area contributed by atoms with E-state index in [1.807, 2.05) is 5.48 Å². The van der Waals surface area contributed by atoms with Gasteiger partial charge in [0.2, 0.25) is 11.5 Å². The van der Waals surface area contributed by atoms with E-state index in [2.05, 4.69) is 76.4 Å². The van der Waals surface area contributed by atoms with Crippen LogP contribution >= 0.6 is 31.9 Å². The zero-order valence-corrected chi connectivity index (χ0v) is 28.7. The summed E-state index contributed by atoms with van der Waals surface area (Å²) < 4.78 is 56.8. The number of hydroxylamine groups is 1. The second-order valence-corrected chi connectivity index (χ2v) is 11.8. The fraction of sp³-hybridized carbons (Fsp3) is 0.321. The number of amidine groups is 1. The van der Waals surface area contributed by atoms with E-state index in [0.29, 0.717) is 25.5 Å². The van der Waals surface area contributed by atoms with Gasteiger partial charge in [0.05, 0.1) is 46.2 Å². The van der Waals surface area contributed by atoms with E-state index in [9.17, 15) is 28.9 Å². The van der Waals surface area contributed by atoms with Crippen LogP contribution in [0.1, 0.15) is 26.0 Å². The van der Waals surface area contributed by atoms with Crippen LogP contribution in [0.4, 0.5) is 20.3 Å². The van der Waals surface area contributed by atoms with Crippen molar-refractivity contribution in [2.75, 3.05) is 26.4 Å². The largest absolute Gasteiger partial charge is 0.468 e. The van der Waals surface area contributed by atoms with Crippen LogP contribution in [-0.4, -0.2) is 90.1 Å². The molecular formula is C28H27Br2F2N9O11. The second kappa shape index (κ2) is 18.5. The number of aliphatic imine (C=N–C) groups is 1. The Morgan fingerprint density at radius 2 is 1.69 bits per heavy atom. The van der Waals surface area contributed by atoms with E-state index < -0.39 is 33.8 Å². The Labute approximate surface area is 306 Å². The summed E-state index contributed by atoms with van der Waals surface area (Å²) in [5.74, 6) is -2.90. The molecular weight excluding hydrogens is 836 g/mol. The number of nitrogens with zero attached hydrogens (tertiary/aromatic N) is 8. The van der Waals surface area contributed by atoms with Gasteiger partial charge in [-0.05, 0) is 95.1 Å². The number of aliphatic hydroxyl groups excluding tert-OH is 1. The summed E-state index contributed by atoms with van der Waals surface area (Å²) in [6, 6.07) is 7.77. The fourth-order valence-corrected chi connectivity index (χ4v) is 4.93. The number of aliphatic hydroxyl groups is 1. The van der Waals surface area contributed by atoms with Gasteiger partial charge >= 0.3 is 11.6 Å². The van der Waals surface area contributed by atoms with Gasteiger partial charge in [0.25, 0.3) is 11.6 Å². The first-order chi connectivity index (χ1) is 24.5. The number of aromatic nitrogens is 6. The molecule has 20 nitrogen and oxygen atoms in total. The number of benzene rings is 2. The quantitative estimate of drug-likeness (QED) is 0.0892. The van der Waals surface area contributed by atoms with Gasteiger partial charge in [0, 0.05) is 13.0 Å². The number of nitro groups is 1. The first kappa shape index (κ1) is 39.8. The van der Waals surface area contributed by atoms with Crippen molar-refractivity contribution >= 4 is 49.2 Å². The number of rotatable bonds is 7. The molecule has 2 aliphatic heterocycles. The summed E-state index contributed by atoms with van der Waals surface area (Å²) in [5.41, 5.74) is 2.17. The monoisotopic (exact) mass is 861 g/mol. The summed E-state index contributed by atoms with van der Waals surface area (Å²) in [6.07, 6.45) is 1.20. The molecule has 278 valence electrons. The lowest BCUT2D eigenvalue weighted by atomic mass is 10.3. The lowest BCUT2D eigenvalue weighted by Crippen LogP contribution is -2.23. The van der Waals surface area contributed by atoms with Crippen LogP contribution in [0, 0.1) is 21.7 Å². The molecule has 2 atom stereocenters. The van der Waals surface area contributed by atoms with Crippen molar-refractivity contribution < 1.29 is 52.0 Å². The van der Waals surface area contributed by atoms with E-state index in [4.69, 9.17) is 19.3 Å². The maximum absolute atomic E-state index is 13.3. The van der Waals surface area contributed by atoms with Crippen LogP contribution in [0.3, 0.4) is 0 Å². The van der Waals surface area contributed by atoms with Crippen molar-refractivity contribution in [3.63, 3.8) is 0 Å². The summed E-state index contributed by atoms with van der Waals surface area (Å²) in [5, 5.41) is 46.0. The molecule has 3 N–H and O–H groups in total. The Kier molecular flexibility index (Phi) is 14.1. The minimum absolute atomic E-state index is 0. The van der Waals surface area contributed by atoms with E-state index >= 15 is 0 Å². The standard InChI is InChI=1S/C13H12BrFN4O4.C10H3BrFN5O5.C4H8O2.CH4/c14-9-5-7(1-2-10(9)15)16-12(17-20)11-13(19-23-18-11)22-8-3-4-21-6-8;11-5-3-4(1-2-6(5)12)16-8(14-21-10(16)18)7-9(17(19)20)15-22-13-7;5-4-1-2-6-3-4;/h1-2,5,8,20H,3-4,6H2,(H,16,17);1-3H;4-5H,1-3H2;1H4. The molecule has 2 aromatic carbocycles. The molecule has 2 aliphatic rings. The number of hydrogen-bond acceptors (Lipinski definition) is 17. The highest BCUT2D eigenvalue weighted by Gasteiger charge is 2.30. The van der Waals surface area contributed by atoms with Gasteiger partial charge in [-0.3, -0.25) is 15.2 Å². The molecule has 52 heavy (non-hydrogen) atoms. The molecule has 3 aromatic heterocycles. The molecule has 0 bridgehead atoms. The molecule has 0 amide bonds. The maximum atomic E-state index is 13.3. The summed E-state index contributed by atoms with van der Waals surface area (Å²) in [7, 11) is 0. The average molecular weight is 863 g/mol. The van der Waals surface area contributed by atoms with Gasteiger partial charge in [-0.2, -0.15) is 0 Å². The van der Waals surface area contributed by atoms with E-state index in [1.165, 1.54) is 30.3 Å². The van der Waals surface area contributed by atoms with Gasteiger partial charge in [0.1, 0.15) is 17.7 Å². The molecule has 2 saturated heterocycles. The number of nitrogens with one attached hydrogen (secondary N) is 1.